The minimum Gasteiger partial charge on any atom is -0.441 e. The van der Waals surface area contributed by atoms with E-state index in [2.05, 4.69) is 9.97 Å². The first-order valence-electron chi connectivity index (χ1n) is 11.4. The molecular formula is C25H27F2N3O2. The third-order valence-corrected chi connectivity index (χ3v) is 6.93. The minimum absolute atomic E-state index is 0.0330. The van der Waals surface area contributed by atoms with Crippen LogP contribution in [0.15, 0.2) is 41.1 Å². The monoisotopic (exact) mass is 439 g/mol. The van der Waals surface area contributed by atoms with E-state index in [9.17, 15) is 13.6 Å². The molecule has 0 radical (unpaired) electrons. The number of amides is 1. The maximum absolute atomic E-state index is 13.2. The average molecular weight is 440 g/mol. The molecule has 2 aliphatic heterocycles. The van der Waals surface area contributed by atoms with Crippen LogP contribution in [0.1, 0.15) is 50.1 Å². The number of carbonyl (C=O) groups excluding carboxylic acids is 1. The van der Waals surface area contributed by atoms with Crippen molar-refractivity contribution in [2.45, 2.75) is 70.4 Å². The molecule has 1 aromatic carbocycles. The Kier molecular flexibility index (Phi) is 5.66. The molecule has 1 amide bonds. The molecule has 0 saturated carbocycles. The molecule has 4 heterocycles. The molecule has 5 rings (SSSR count). The van der Waals surface area contributed by atoms with E-state index in [0.717, 1.165) is 47.7 Å². The Morgan fingerprint density at radius 2 is 1.91 bits per heavy atom. The second-order valence-electron chi connectivity index (χ2n) is 9.15. The van der Waals surface area contributed by atoms with Crippen LogP contribution < -0.4 is 0 Å². The van der Waals surface area contributed by atoms with Gasteiger partial charge in [-0.05, 0) is 55.5 Å². The lowest BCUT2D eigenvalue weighted by Crippen LogP contribution is -2.47. The fraction of sp³-hybridized carbons (Fsp3) is 0.480. The zero-order chi connectivity index (χ0) is 22.2. The predicted octanol–water partition coefficient (Wildman–Crippen LogP) is 5.56. The third-order valence-electron chi connectivity index (χ3n) is 6.93. The van der Waals surface area contributed by atoms with Gasteiger partial charge >= 0.3 is 0 Å². The van der Waals surface area contributed by atoms with E-state index in [4.69, 9.17) is 4.42 Å². The molecule has 3 aromatic rings. The Labute approximate surface area is 185 Å². The maximum atomic E-state index is 13.2. The molecule has 0 aliphatic carbocycles. The number of aromatic nitrogens is 2. The topological polar surface area (TPSA) is 59.2 Å². The Morgan fingerprint density at radius 1 is 1.12 bits per heavy atom. The zero-order valence-electron chi connectivity index (χ0n) is 18.1. The van der Waals surface area contributed by atoms with Crippen molar-refractivity contribution >= 4 is 16.7 Å². The van der Waals surface area contributed by atoms with Crippen LogP contribution >= 0.6 is 0 Å². The first-order valence-corrected chi connectivity index (χ1v) is 11.4. The number of hydrogen-bond acceptors (Lipinski definition) is 4. The predicted molar refractivity (Wildman–Crippen MR) is 117 cm³/mol. The molecule has 32 heavy (non-hydrogen) atoms. The van der Waals surface area contributed by atoms with Crippen LogP contribution in [-0.2, 0) is 11.2 Å². The number of halogens is 2. The summed E-state index contributed by atoms with van der Waals surface area (Å²) in [5.74, 6) is 1.74. The minimum atomic E-state index is -2.24. The molecule has 5 nitrogen and oxygen atoms in total. The van der Waals surface area contributed by atoms with Crippen LogP contribution in [0.4, 0.5) is 8.78 Å². The number of nitrogens with zero attached hydrogens (tertiary/aromatic N) is 3. The van der Waals surface area contributed by atoms with Gasteiger partial charge in [0.15, 0.2) is 11.7 Å². The fourth-order valence-electron chi connectivity index (χ4n) is 5.47. The lowest BCUT2D eigenvalue weighted by atomic mass is 9.87. The van der Waals surface area contributed by atoms with E-state index < -0.39 is 6.43 Å². The van der Waals surface area contributed by atoms with E-state index in [1.807, 2.05) is 36.1 Å². The highest BCUT2D eigenvalue weighted by atomic mass is 19.3. The number of rotatable bonds is 6. The first-order chi connectivity index (χ1) is 15.5. The summed E-state index contributed by atoms with van der Waals surface area (Å²) in [6.07, 6.45) is 5.72. The number of piperidine rings is 1. The standard InChI is InChI=1S/C25H27F2N3O2/c1-15-28-14-23(32-15)17-3-4-18-13-29-20(11-19(18)10-17)12-25(31)30-21-5-6-22(30)9-16(8-21)2-7-24(26)27/h3-4,10-11,13-14,16,21-22,24H,2,5-9,12H2,1H3/t16?,21-,22+. The molecule has 168 valence electrons. The number of benzene rings is 1. The lowest BCUT2D eigenvalue weighted by Gasteiger charge is -2.39. The normalized spacial score (nSPS) is 22.8. The van der Waals surface area contributed by atoms with Crippen LogP contribution in [0.3, 0.4) is 0 Å². The Hall–Kier alpha value is -2.83. The van der Waals surface area contributed by atoms with Gasteiger partial charge in [0.2, 0.25) is 12.3 Å². The van der Waals surface area contributed by atoms with Gasteiger partial charge < -0.3 is 9.32 Å². The van der Waals surface area contributed by atoms with Crippen LogP contribution in [-0.4, -0.2) is 39.3 Å². The molecule has 1 unspecified atom stereocenters. The molecule has 2 saturated heterocycles. The van der Waals surface area contributed by atoms with E-state index in [0.29, 0.717) is 24.0 Å². The molecule has 0 N–H and O–H groups in total. The molecule has 2 aliphatic rings. The third kappa shape index (κ3) is 4.25. The first kappa shape index (κ1) is 21.0. The highest BCUT2D eigenvalue weighted by Crippen LogP contribution is 2.41. The van der Waals surface area contributed by atoms with Crippen molar-refractivity contribution in [3.63, 3.8) is 0 Å². The Bertz CT molecular complexity index is 1120. The Morgan fingerprint density at radius 3 is 2.59 bits per heavy atom. The number of aryl methyl sites for hydroxylation is 1. The van der Waals surface area contributed by atoms with E-state index in [-0.39, 0.29) is 30.8 Å². The van der Waals surface area contributed by atoms with Gasteiger partial charge in [0.05, 0.1) is 18.3 Å². The van der Waals surface area contributed by atoms with E-state index in [1.165, 1.54) is 0 Å². The van der Waals surface area contributed by atoms with Crippen molar-refractivity contribution < 1.29 is 18.0 Å². The maximum Gasteiger partial charge on any atom is 0.238 e. The number of alkyl halides is 2. The van der Waals surface area contributed by atoms with Gasteiger partial charge in [-0.25, -0.2) is 13.8 Å². The summed E-state index contributed by atoms with van der Waals surface area (Å²) < 4.78 is 30.8. The van der Waals surface area contributed by atoms with Gasteiger partial charge in [-0.2, -0.15) is 0 Å². The van der Waals surface area contributed by atoms with Crippen molar-refractivity contribution in [1.29, 1.82) is 0 Å². The summed E-state index contributed by atoms with van der Waals surface area (Å²) >= 11 is 0. The van der Waals surface area contributed by atoms with Gasteiger partial charge in [-0.15, -0.1) is 0 Å². The largest absolute Gasteiger partial charge is 0.441 e. The van der Waals surface area contributed by atoms with Crippen molar-refractivity contribution in [3.8, 4) is 11.3 Å². The quantitative estimate of drug-likeness (QED) is 0.505. The number of hydrogen-bond donors (Lipinski definition) is 0. The summed E-state index contributed by atoms with van der Waals surface area (Å²) in [6.45, 7) is 1.81. The van der Waals surface area contributed by atoms with Crippen molar-refractivity contribution in [1.82, 2.24) is 14.9 Å². The second-order valence-corrected chi connectivity index (χ2v) is 9.15. The van der Waals surface area contributed by atoms with Gasteiger partial charge in [0, 0.05) is 42.6 Å². The summed E-state index contributed by atoms with van der Waals surface area (Å²) in [6, 6.07) is 8.34. The van der Waals surface area contributed by atoms with Crippen LogP contribution in [0.25, 0.3) is 22.1 Å². The lowest BCUT2D eigenvalue weighted by molar-refractivity contribution is -0.135. The number of carbonyl (C=O) groups is 1. The fourth-order valence-corrected chi connectivity index (χ4v) is 5.47. The second kappa shape index (κ2) is 8.60. The van der Waals surface area contributed by atoms with Crippen molar-refractivity contribution in [2.75, 3.05) is 0 Å². The number of fused-ring (bicyclic) bond motifs is 3. The molecule has 0 spiro atoms. The molecular weight excluding hydrogens is 412 g/mol. The van der Waals surface area contributed by atoms with Crippen molar-refractivity contribution in [2.24, 2.45) is 5.92 Å². The summed E-state index contributed by atoms with van der Waals surface area (Å²) in [5.41, 5.74) is 1.68. The van der Waals surface area contributed by atoms with Crippen molar-refractivity contribution in [3.05, 3.63) is 48.2 Å². The highest BCUT2D eigenvalue weighted by Gasteiger charge is 2.42. The zero-order valence-corrected chi connectivity index (χ0v) is 18.1. The van der Waals surface area contributed by atoms with Gasteiger partial charge in [0.1, 0.15) is 0 Å². The Balaban J connectivity index is 1.29. The SMILES string of the molecule is Cc1ncc(-c2ccc3cnc(CC(=O)N4[C@@H]5CC[C@H]4CC(CCC(F)F)C5)cc3c2)o1. The average Bonchev–Trinajstić information content (AvgIpc) is 3.32. The molecule has 7 heteroatoms. The summed E-state index contributed by atoms with van der Waals surface area (Å²) in [7, 11) is 0. The number of oxazole rings is 1. The molecule has 2 aromatic heterocycles. The molecule has 2 fully saturated rings. The molecule has 3 atom stereocenters. The summed E-state index contributed by atoms with van der Waals surface area (Å²) in [4.78, 5) is 23.9. The van der Waals surface area contributed by atoms with Gasteiger partial charge in [0.25, 0.3) is 0 Å². The number of pyridine rings is 1. The molecule has 2 bridgehead atoms. The van der Waals surface area contributed by atoms with Gasteiger partial charge in [-0.1, -0.05) is 12.1 Å². The van der Waals surface area contributed by atoms with Crippen LogP contribution in [0.5, 0.6) is 0 Å². The van der Waals surface area contributed by atoms with Crippen LogP contribution in [0, 0.1) is 12.8 Å². The van der Waals surface area contributed by atoms with Crippen LogP contribution in [0.2, 0.25) is 0 Å². The van der Waals surface area contributed by atoms with Gasteiger partial charge in [-0.3, -0.25) is 9.78 Å². The smallest absolute Gasteiger partial charge is 0.238 e. The van der Waals surface area contributed by atoms with E-state index >= 15 is 0 Å². The van der Waals surface area contributed by atoms with E-state index in [1.54, 1.807) is 12.4 Å². The summed E-state index contributed by atoms with van der Waals surface area (Å²) in [5, 5.41) is 2.00. The highest BCUT2D eigenvalue weighted by molar-refractivity contribution is 5.87.